The average Bonchev–Trinajstić information content (AvgIpc) is 2.65. The van der Waals surface area contributed by atoms with Gasteiger partial charge in [0.1, 0.15) is 0 Å². The Hall–Kier alpha value is -1.82. The summed E-state index contributed by atoms with van der Waals surface area (Å²) in [6.07, 6.45) is 5.15. The summed E-state index contributed by atoms with van der Waals surface area (Å²) in [7, 11) is 0. The molecule has 1 aliphatic rings. The van der Waals surface area contributed by atoms with Crippen molar-refractivity contribution < 1.29 is 0 Å². The van der Waals surface area contributed by atoms with Crippen molar-refractivity contribution in [2.45, 2.75) is 19.1 Å². The van der Waals surface area contributed by atoms with E-state index in [9.17, 15) is 0 Å². The second kappa shape index (κ2) is 3.39. The number of nitrogens with two attached hydrogens (primary N) is 2. The van der Waals surface area contributed by atoms with Gasteiger partial charge in [0.15, 0.2) is 11.6 Å². The molecule has 0 saturated heterocycles. The third-order valence-corrected chi connectivity index (χ3v) is 2.30. The lowest BCUT2D eigenvalue weighted by Crippen LogP contribution is -2.43. The minimum atomic E-state index is -0.915. The van der Waals surface area contributed by atoms with Crippen molar-refractivity contribution in [3.8, 4) is 0 Å². The van der Waals surface area contributed by atoms with Crippen LogP contribution in [0, 0.1) is 0 Å². The van der Waals surface area contributed by atoms with Gasteiger partial charge in [-0.25, -0.2) is 4.99 Å². The maximum atomic E-state index is 6.14. The van der Waals surface area contributed by atoms with Gasteiger partial charge in [-0.15, -0.1) is 0 Å². The zero-order valence-corrected chi connectivity index (χ0v) is 8.51. The molecule has 2 heterocycles. The van der Waals surface area contributed by atoms with E-state index in [-0.39, 0.29) is 0 Å². The van der Waals surface area contributed by atoms with E-state index in [1.807, 2.05) is 13.0 Å². The molecule has 1 aromatic rings. The molecule has 6 heteroatoms. The molecule has 1 unspecified atom stereocenters. The first-order chi connectivity index (χ1) is 7.15. The number of guanidine groups is 1. The maximum absolute atomic E-state index is 6.14. The van der Waals surface area contributed by atoms with Crippen LogP contribution in [-0.4, -0.2) is 15.7 Å². The highest BCUT2D eigenvalue weighted by Crippen LogP contribution is 2.22. The number of nitrogens with one attached hydrogen (secondary N) is 1. The van der Waals surface area contributed by atoms with Crippen molar-refractivity contribution >= 4 is 5.96 Å². The van der Waals surface area contributed by atoms with Crippen molar-refractivity contribution in [3.63, 3.8) is 0 Å². The van der Waals surface area contributed by atoms with E-state index < -0.39 is 5.66 Å². The van der Waals surface area contributed by atoms with Gasteiger partial charge < -0.3 is 11.1 Å². The van der Waals surface area contributed by atoms with Crippen molar-refractivity contribution in [3.05, 3.63) is 30.2 Å². The first kappa shape index (κ1) is 9.72. The minimum Gasteiger partial charge on any atom is -0.370 e. The molecule has 0 aliphatic carbocycles. The summed E-state index contributed by atoms with van der Waals surface area (Å²) < 4.78 is 1.80. The zero-order valence-electron chi connectivity index (χ0n) is 8.51. The molecule has 0 radical (unpaired) electrons. The largest absolute Gasteiger partial charge is 0.370 e. The predicted octanol–water partition coefficient (Wildman–Crippen LogP) is -0.554. The topological polar surface area (TPSA) is 94.2 Å². The Balaban J connectivity index is 2.45. The molecular formula is C9H14N6. The maximum Gasteiger partial charge on any atom is 0.195 e. The number of hydrogen-bond acceptors (Lipinski definition) is 5. The van der Waals surface area contributed by atoms with Crippen LogP contribution in [0.1, 0.15) is 12.6 Å². The molecule has 0 bridgehead atoms. The van der Waals surface area contributed by atoms with Gasteiger partial charge in [0.2, 0.25) is 0 Å². The second-order valence-electron chi connectivity index (χ2n) is 3.33. The van der Waals surface area contributed by atoms with Crippen LogP contribution in [0.15, 0.2) is 29.5 Å². The van der Waals surface area contributed by atoms with Crippen LogP contribution in [-0.2, 0) is 12.2 Å². The van der Waals surface area contributed by atoms with Crippen LogP contribution in [0.5, 0.6) is 0 Å². The number of aliphatic imine (C=N–C) groups is 1. The number of hydrogen-bond donors (Lipinski definition) is 3. The van der Waals surface area contributed by atoms with Crippen molar-refractivity contribution in [2.75, 3.05) is 0 Å². The lowest BCUT2D eigenvalue weighted by atomic mass is 10.1. The molecule has 1 aliphatic heterocycles. The molecule has 0 saturated carbocycles. The van der Waals surface area contributed by atoms with Gasteiger partial charge in [-0.2, -0.15) is 5.10 Å². The highest BCUT2D eigenvalue weighted by atomic mass is 15.3. The number of nitrogens with zero attached hydrogens (tertiary/aromatic N) is 3. The molecular weight excluding hydrogens is 192 g/mol. The van der Waals surface area contributed by atoms with Gasteiger partial charge in [0.05, 0.1) is 5.69 Å². The summed E-state index contributed by atoms with van der Waals surface area (Å²) in [5.41, 5.74) is 11.6. The molecule has 2 rings (SSSR count). The van der Waals surface area contributed by atoms with Crippen LogP contribution < -0.4 is 16.8 Å². The summed E-state index contributed by atoms with van der Waals surface area (Å²) in [6.45, 7) is 2.75. The monoisotopic (exact) mass is 206 g/mol. The van der Waals surface area contributed by atoms with E-state index in [0.29, 0.717) is 5.96 Å². The fraction of sp³-hybridized carbons (Fsp3) is 0.333. The van der Waals surface area contributed by atoms with E-state index in [2.05, 4.69) is 15.4 Å². The van der Waals surface area contributed by atoms with Gasteiger partial charge in [0.25, 0.3) is 0 Å². The number of rotatable bonds is 2. The molecule has 1 aromatic heterocycles. The molecule has 5 N–H and O–H groups in total. The van der Waals surface area contributed by atoms with Gasteiger partial charge in [-0.3, -0.25) is 10.4 Å². The van der Waals surface area contributed by atoms with Gasteiger partial charge in [-0.1, -0.05) is 0 Å². The minimum absolute atomic E-state index is 0.309. The SMILES string of the molecule is CCn1nccc1C1(N)C=CNC(N)=N1. The van der Waals surface area contributed by atoms with Gasteiger partial charge in [-0.05, 0) is 19.1 Å². The first-order valence-electron chi connectivity index (χ1n) is 4.76. The summed E-state index contributed by atoms with van der Waals surface area (Å²) in [5.74, 6) is 0.309. The number of aromatic nitrogens is 2. The second-order valence-corrected chi connectivity index (χ2v) is 3.33. The van der Waals surface area contributed by atoms with Gasteiger partial charge in [0, 0.05) is 18.9 Å². The fourth-order valence-electron chi connectivity index (χ4n) is 1.59. The molecule has 80 valence electrons. The standard InChI is InChI=1S/C9H14N6/c1-2-15-7(3-5-13-15)9(11)4-6-12-8(10)14-9/h3-6H,2,11H2,1H3,(H3,10,12,14). The van der Waals surface area contributed by atoms with Crippen LogP contribution in [0.4, 0.5) is 0 Å². The Kier molecular flexibility index (Phi) is 2.20. The Morgan fingerprint density at radius 2 is 2.40 bits per heavy atom. The summed E-state index contributed by atoms with van der Waals surface area (Å²) in [5, 5.41) is 6.93. The van der Waals surface area contributed by atoms with E-state index in [4.69, 9.17) is 11.5 Å². The normalized spacial score (nSPS) is 24.8. The highest BCUT2D eigenvalue weighted by molar-refractivity contribution is 5.80. The third kappa shape index (κ3) is 1.59. The first-order valence-corrected chi connectivity index (χ1v) is 4.76. The lowest BCUT2D eigenvalue weighted by molar-refractivity contribution is 0.496. The van der Waals surface area contributed by atoms with Crippen LogP contribution in [0.2, 0.25) is 0 Å². The Morgan fingerprint density at radius 3 is 3.07 bits per heavy atom. The van der Waals surface area contributed by atoms with Crippen LogP contribution >= 0.6 is 0 Å². The summed E-state index contributed by atoms with van der Waals surface area (Å²) in [6, 6.07) is 1.84. The molecule has 0 fully saturated rings. The van der Waals surface area contributed by atoms with Gasteiger partial charge >= 0.3 is 0 Å². The van der Waals surface area contributed by atoms with Crippen LogP contribution in [0.3, 0.4) is 0 Å². The zero-order chi connectivity index (χ0) is 10.9. The third-order valence-electron chi connectivity index (χ3n) is 2.30. The van der Waals surface area contributed by atoms with E-state index in [0.717, 1.165) is 12.2 Å². The van der Waals surface area contributed by atoms with Crippen molar-refractivity contribution in [1.82, 2.24) is 15.1 Å². The van der Waals surface area contributed by atoms with Crippen molar-refractivity contribution in [2.24, 2.45) is 16.5 Å². The molecule has 0 amide bonds. The predicted molar refractivity (Wildman–Crippen MR) is 57.7 cm³/mol. The summed E-state index contributed by atoms with van der Waals surface area (Å²) in [4.78, 5) is 4.18. The van der Waals surface area contributed by atoms with Crippen LogP contribution in [0.25, 0.3) is 0 Å². The average molecular weight is 206 g/mol. The van der Waals surface area contributed by atoms with E-state index in [1.54, 1.807) is 23.2 Å². The van der Waals surface area contributed by atoms with E-state index in [1.165, 1.54) is 0 Å². The Bertz CT molecular complexity index is 418. The quantitative estimate of drug-likeness (QED) is 0.605. The fourth-order valence-corrected chi connectivity index (χ4v) is 1.59. The molecule has 15 heavy (non-hydrogen) atoms. The molecule has 6 nitrogen and oxygen atoms in total. The molecule has 0 spiro atoms. The Morgan fingerprint density at radius 1 is 1.60 bits per heavy atom. The summed E-state index contributed by atoms with van der Waals surface area (Å²) >= 11 is 0. The highest BCUT2D eigenvalue weighted by Gasteiger charge is 2.29. The smallest absolute Gasteiger partial charge is 0.195 e. The molecule has 0 aromatic carbocycles. The molecule has 1 atom stereocenters. The van der Waals surface area contributed by atoms with Crippen molar-refractivity contribution in [1.29, 1.82) is 0 Å². The van der Waals surface area contributed by atoms with E-state index >= 15 is 0 Å². The lowest BCUT2D eigenvalue weighted by Gasteiger charge is -2.25. The Labute approximate surface area is 87.7 Å². The number of aryl methyl sites for hydroxylation is 1.